The Labute approximate surface area is 299 Å². The first-order valence-corrected chi connectivity index (χ1v) is 18.3. The van der Waals surface area contributed by atoms with E-state index < -0.39 is 32.7 Å². The maximum absolute atomic E-state index is 12.8. The number of rotatable bonds is 18. The van der Waals surface area contributed by atoms with Crippen molar-refractivity contribution in [1.82, 2.24) is 10.1 Å². The summed E-state index contributed by atoms with van der Waals surface area (Å²) in [7, 11) is -4.26. The van der Waals surface area contributed by atoms with Crippen molar-refractivity contribution in [2.75, 3.05) is 38.8 Å². The fourth-order valence-corrected chi connectivity index (χ4v) is 7.25. The zero-order chi connectivity index (χ0) is 36.9. The molecule has 0 bridgehead atoms. The van der Waals surface area contributed by atoms with Gasteiger partial charge in [-0.05, 0) is 67.4 Å². The van der Waals surface area contributed by atoms with E-state index in [1.165, 1.54) is 24.3 Å². The third-order valence-corrected chi connectivity index (χ3v) is 11.0. The minimum absolute atomic E-state index is 0.0327. The summed E-state index contributed by atoms with van der Waals surface area (Å²) < 4.78 is 45.6. The molecule has 0 unspecified atom stereocenters. The van der Waals surface area contributed by atoms with Gasteiger partial charge in [0.2, 0.25) is 0 Å². The SMILES string of the molecule is C=C[C@]1(C)CC[C@@H](C(=C)CN(CCOC(=O)CCC(=O)OCC#CCOc2no[n+]([O-])c2S(=O)(=O)c2ccccc2)C(C)C)C[C@H]1C(=C)CCl. The first kappa shape index (κ1) is 40.3. The summed E-state index contributed by atoms with van der Waals surface area (Å²) in [5, 5.41) is 14.5. The van der Waals surface area contributed by atoms with Gasteiger partial charge in [-0.25, -0.2) is 8.42 Å². The molecule has 0 radical (unpaired) electrons. The Morgan fingerprint density at radius 3 is 2.46 bits per heavy atom. The van der Waals surface area contributed by atoms with Crippen molar-refractivity contribution in [1.29, 1.82) is 0 Å². The van der Waals surface area contributed by atoms with Gasteiger partial charge in [0, 0.05) is 25.0 Å². The fourth-order valence-electron chi connectivity index (χ4n) is 5.77. The van der Waals surface area contributed by atoms with Gasteiger partial charge in [-0.2, -0.15) is 0 Å². The van der Waals surface area contributed by atoms with Gasteiger partial charge in [0.05, 0.1) is 22.9 Å². The van der Waals surface area contributed by atoms with Crippen molar-refractivity contribution >= 4 is 33.4 Å². The van der Waals surface area contributed by atoms with Gasteiger partial charge in [0.1, 0.15) is 6.61 Å². The molecule has 1 aliphatic rings. The van der Waals surface area contributed by atoms with Crippen LogP contribution in [0.5, 0.6) is 5.88 Å². The lowest BCUT2D eigenvalue weighted by Crippen LogP contribution is -2.39. The van der Waals surface area contributed by atoms with Crippen LogP contribution < -0.4 is 9.64 Å². The number of carbonyl (C=O) groups is 2. The number of hydrogen-bond donors (Lipinski definition) is 0. The zero-order valence-electron chi connectivity index (χ0n) is 28.9. The molecule has 3 atom stereocenters. The van der Waals surface area contributed by atoms with E-state index in [2.05, 4.69) is 67.0 Å². The number of aromatic nitrogens is 2. The molecule has 3 rings (SSSR count). The van der Waals surface area contributed by atoms with Crippen LogP contribution in [-0.4, -0.2) is 75.2 Å². The molecule has 2 aromatic rings. The van der Waals surface area contributed by atoms with Crippen molar-refractivity contribution in [3.05, 3.63) is 72.5 Å². The highest BCUT2D eigenvalue weighted by Gasteiger charge is 2.40. The highest BCUT2D eigenvalue weighted by molar-refractivity contribution is 7.91. The fraction of sp³-hybridized carbons (Fsp3) is 0.500. The van der Waals surface area contributed by atoms with Crippen LogP contribution in [0.15, 0.2) is 81.8 Å². The highest BCUT2D eigenvalue weighted by Crippen LogP contribution is 2.49. The van der Waals surface area contributed by atoms with E-state index >= 15 is 0 Å². The summed E-state index contributed by atoms with van der Waals surface area (Å²) in [6, 6.07) is 7.45. The predicted octanol–water partition coefficient (Wildman–Crippen LogP) is 5.06. The Kier molecular flexibility index (Phi) is 15.1. The molecule has 0 aliphatic heterocycles. The van der Waals surface area contributed by atoms with Crippen LogP contribution >= 0.6 is 11.6 Å². The first-order chi connectivity index (χ1) is 23.7. The van der Waals surface area contributed by atoms with Crippen molar-refractivity contribution in [3.63, 3.8) is 0 Å². The number of esters is 2. The quantitative estimate of drug-likeness (QED) is 0.0665. The molecule has 1 heterocycles. The van der Waals surface area contributed by atoms with Gasteiger partial charge in [0.15, 0.2) is 13.2 Å². The molecular weight excluding hydrogens is 686 g/mol. The number of sulfone groups is 1. The average molecular weight is 732 g/mol. The van der Waals surface area contributed by atoms with Crippen molar-refractivity contribution in [2.45, 2.75) is 68.8 Å². The molecule has 12 nitrogen and oxygen atoms in total. The first-order valence-electron chi connectivity index (χ1n) is 16.3. The number of nitrogens with zero attached hydrogens (tertiary/aromatic N) is 3. The number of halogens is 1. The molecule has 0 saturated heterocycles. The summed E-state index contributed by atoms with van der Waals surface area (Å²) >= 11 is 6.16. The Hall–Kier alpha value is -4.12. The molecular formula is C36H46ClN3O9S. The molecule has 1 aromatic heterocycles. The molecule has 272 valence electrons. The van der Waals surface area contributed by atoms with Crippen molar-refractivity contribution < 1.29 is 41.7 Å². The smallest absolute Gasteiger partial charge is 0.415 e. The van der Waals surface area contributed by atoms with Gasteiger partial charge in [-0.15, -0.1) is 18.2 Å². The minimum atomic E-state index is -4.26. The van der Waals surface area contributed by atoms with Crippen LogP contribution in [0.25, 0.3) is 0 Å². The molecule has 14 heteroatoms. The topological polar surface area (TPSA) is 152 Å². The van der Waals surface area contributed by atoms with Crippen molar-refractivity contribution in [3.8, 4) is 17.7 Å². The Bertz CT molecular complexity index is 1680. The van der Waals surface area contributed by atoms with Crippen LogP contribution in [0.1, 0.15) is 52.9 Å². The molecule has 0 N–H and O–H groups in total. The Morgan fingerprint density at radius 2 is 1.82 bits per heavy atom. The maximum Gasteiger partial charge on any atom is 0.415 e. The highest BCUT2D eigenvalue weighted by atomic mass is 35.5. The van der Waals surface area contributed by atoms with E-state index in [0.29, 0.717) is 24.9 Å². The second-order valence-corrected chi connectivity index (χ2v) is 14.8. The Balaban J connectivity index is 1.36. The zero-order valence-corrected chi connectivity index (χ0v) is 30.5. The molecule has 1 fully saturated rings. The third kappa shape index (κ3) is 10.9. The van der Waals surface area contributed by atoms with Gasteiger partial charge in [0.25, 0.3) is 9.84 Å². The van der Waals surface area contributed by atoms with E-state index in [4.69, 9.17) is 25.8 Å². The molecule has 1 aromatic carbocycles. The number of benzene rings is 1. The molecule has 1 aliphatic carbocycles. The van der Waals surface area contributed by atoms with Gasteiger partial charge >= 0.3 is 22.8 Å². The number of allylic oxidation sites excluding steroid dienone is 2. The summed E-state index contributed by atoms with van der Waals surface area (Å²) in [5.41, 5.74) is 2.13. The number of hydrogen-bond acceptors (Lipinski definition) is 11. The molecule has 50 heavy (non-hydrogen) atoms. The van der Waals surface area contributed by atoms with Crippen LogP contribution in [0.3, 0.4) is 0 Å². The standard InChI is InChI=1S/C36H46ClN3O9S/c1-7-36(6)18-17-29(23-31(36)27(4)24-37)28(5)25-39(26(2)3)19-22-47-33(42)16-15-32(41)46-20-11-12-21-48-34-35(40(43)49-38-34)50(44,45)30-13-9-8-10-14-30/h7-10,13-14,26,29,31H,1,4-5,15-25H2,2-3,6H3/t29-,31+,36-/m1/s1. The lowest BCUT2D eigenvalue weighted by molar-refractivity contribution is -0.832. The summed E-state index contributed by atoms with van der Waals surface area (Å²) in [4.78, 5) is 26.2. The summed E-state index contributed by atoms with van der Waals surface area (Å²) in [5.74, 6) is 4.33. The van der Waals surface area contributed by atoms with Gasteiger partial charge in [-0.3, -0.25) is 19.1 Å². The van der Waals surface area contributed by atoms with E-state index in [1.54, 1.807) is 6.07 Å². The summed E-state index contributed by atoms with van der Waals surface area (Å²) in [6.45, 7) is 19.8. The van der Waals surface area contributed by atoms with Crippen molar-refractivity contribution in [2.24, 2.45) is 17.3 Å². The van der Waals surface area contributed by atoms with E-state index in [9.17, 15) is 23.2 Å². The number of ether oxygens (including phenoxy) is 3. The summed E-state index contributed by atoms with van der Waals surface area (Å²) in [6.07, 6.45) is 4.61. The Morgan fingerprint density at radius 1 is 1.16 bits per heavy atom. The van der Waals surface area contributed by atoms with E-state index in [1.807, 2.05) is 6.08 Å². The van der Waals surface area contributed by atoms with Crippen LogP contribution in [0.2, 0.25) is 0 Å². The van der Waals surface area contributed by atoms with Crippen LogP contribution in [0, 0.1) is 34.3 Å². The predicted molar refractivity (Wildman–Crippen MR) is 187 cm³/mol. The van der Waals surface area contributed by atoms with Gasteiger partial charge in [-0.1, -0.05) is 67.3 Å². The average Bonchev–Trinajstić information content (AvgIpc) is 3.48. The van der Waals surface area contributed by atoms with Crippen LogP contribution in [-0.2, 0) is 28.9 Å². The lowest BCUT2D eigenvalue weighted by atomic mass is 9.61. The lowest BCUT2D eigenvalue weighted by Gasteiger charge is -2.44. The normalized spacial score (nSPS) is 18.9. The van der Waals surface area contributed by atoms with Gasteiger partial charge < -0.3 is 19.4 Å². The largest absolute Gasteiger partial charge is 0.464 e. The minimum Gasteiger partial charge on any atom is -0.464 e. The maximum atomic E-state index is 12.8. The van der Waals surface area contributed by atoms with Crippen LogP contribution in [0.4, 0.5) is 0 Å². The number of carbonyl (C=O) groups excluding carboxylic acids is 2. The molecule has 1 saturated carbocycles. The third-order valence-electron chi connectivity index (χ3n) is 8.93. The monoisotopic (exact) mass is 731 g/mol. The number of alkyl halides is 1. The second kappa shape index (κ2) is 18.8. The molecule has 0 amide bonds. The molecule has 0 spiro atoms. The van der Waals surface area contributed by atoms with E-state index in [-0.39, 0.29) is 59.8 Å². The van der Waals surface area contributed by atoms with E-state index in [0.717, 1.165) is 30.4 Å². The second-order valence-electron chi connectivity index (χ2n) is 12.6.